The summed E-state index contributed by atoms with van der Waals surface area (Å²) in [4.78, 5) is 43.2. The number of thioether (sulfide) groups is 1. The second kappa shape index (κ2) is 10.4. The predicted octanol–water partition coefficient (Wildman–Crippen LogP) is 2.87. The summed E-state index contributed by atoms with van der Waals surface area (Å²) in [5.74, 6) is -0.985. The van der Waals surface area contributed by atoms with Crippen LogP contribution in [0.3, 0.4) is 0 Å². The van der Waals surface area contributed by atoms with Gasteiger partial charge in [-0.25, -0.2) is 9.37 Å². The van der Waals surface area contributed by atoms with E-state index in [1.807, 2.05) is 6.92 Å². The molecule has 0 saturated carbocycles. The van der Waals surface area contributed by atoms with Crippen LogP contribution in [0.5, 0.6) is 5.75 Å². The maximum atomic E-state index is 13.0. The Kier molecular flexibility index (Phi) is 7.45. The summed E-state index contributed by atoms with van der Waals surface area (Å²) in [5, 5.41) is 5.20. The number of ether oxygens (including phenoxy) is 1. The first-order valence-corrected chi connectivity index (χ1v) is 10.5. The monoisotopic (exact) mass is 457 g/mol. The quantitative estimate of drug-likeness (QED) is 0.301. The Bertz CT molecular complexity index is 1170. The summed E-state index contributed by atoms with van der Waals surface area (Å²) in [6, 6.07) is 11.7. The number of aromatic amines is 1. The van der Waals surface area contributed by atoms with Crippen LogP contribution >= 0.6 is 11.8 Å². The number of carbonyl (C=O) groups is 2. The van der Waals surface area contributed by atoms with E-state index in [0.29, 0.717) is 18.0 Å². The molecule has 5 N–H and O–H groups in total. The van der Waals surface area contributed by atoms with Gasteiger partial charge in [0.2, 0.25) is 5.91 Å². The molecule has 0 spiro atoms. The number of nitrogens with two attached hydrogens (primary N) is 1. The zero-order chi connectivity index (χ0) is 23.1. The number of H-pyrrole nitrogens is 1. The van der Waals surface area contributed by atoms with E-state index in [0.717, 1.165) is 23.9 Å². The molecular weight excluding hydrogens is 437 g/mol. The first kappa shape index (κ1) is 22.8. The van der Waals surface area contributed by atoms with Crippen molar-refractivity contribution in [2.45, 2.75) is 12.1 Å². The molecule has 11 heteroatoms. The van der Waals surface area contributed by atoms with Crippen LogP contribution in [0.15, 0.2) is 58.5 Å². The van der Waals surface area contributed by atoms with Gasteiger partial charge in [-0.1, -0.05) is 11.8 Å². The van der Waals surface area contributed by atoms with Crippen molar-refractivity contribution >= 4 is 40.8 Å². The van der Waals surface area contributed by atoms with Gasteiger partial charge >= 0.3 is 0 Å². The Morgan fingerprint density at radius 1 is 1.12 bits per heavy atom. The van der Waals surface area contributed by atoms with Crippen molar-refractivity contribution in [1.29, 1.82) is 0 Å². The molecule has 0 unspecified atom stereocenters. The molecule has 0 aliphatic carbocycles. The van der Waals surface area contributed by atoms with Gasteiger partial charge in [-0.05, 0) is 55.5 Å². The van der Waals surface area contributed by atoms with E-state index < -0.39 is 17.3 Å². The number of hydrogen-bond acceptors (Lipinski definition) is 7. The molecule has 32 heavy (non-hydrogen) atoms. The molecule has 0 fully saturated rings. The van der Waals surface area contributed by atoms with Crippen LogP contribution in [0.1, 0.15) is 17.3 Å². The smallest absolute Gasteiger partial charge is 0.277 e. The fourth-order valence-electron chi connectivity index (χ4n) is 2.58. The molecule has 2 amide bonds. The van der Waals surface area contributed by atoms with Crippen LogP contribution in [-0.4, -0.2) is 34.1 Å². The summed E-state index contributed by atoms with van der Waals surface area (Å²) < 4.78 is 18.3. The lowest BCUT2D eigenvalue weighted by Crippen LogP contribution is -2.23. The normalized spacial score (nSPS) is 10.4. The maximum absolute atomic E-state index is 13.0. The molecule has 0 aliphatic heterocycles. The standard InChI is InChI=1S/C21H20FN5O4S/c1-2-31-15-9-7-14(8-10-15)24-16(28)11-32-21-26-18(23)17(20(30)27-21)25-19(29)12-3-5-13(22)6-4-12/h3-10H,2,11H2,1H3,(H,24,28)(H,25,29)(H3,23,26,27,30). The van der Waals surface area contributed by atoms with Gasteiger partial charge < -0.3 is 21.1 Å². The van der Waals surface area contributed by atoms with Gasteiger partial charge in [-0.2, -0.15) is 0 Å². The van der Waals surface area contributed by atoms with Gasteiger partial charge in [-0.3, -0.25) is 19.4 Å². The van der Waals surface area contributed by atoms with Crippen molar-refractivity contribution in [3.63, 3.8) is 0 Å². The molecule has 0 aliphatic rings. The summed E-state index contributed by atoms with van der Waals surface area (Å²) in [6.07, 6.45) is 0. The van der Waals surface area contributed by atoms with E-state index in [4.69, 9.17) is 10.5 Å². The molecule has 3 aromatic rings. The van der Waals surface area contributed by atoms with Crippen molar-refractivity contribution in [2.24, 2.45) is 0 Å². The molecular formula is C21H20FN5O4S. The van der Waals surface area contributed by atoms with E-state index in [1.54, 1.807) is 24.3 Å². The third kappa shape index (κ3) is 6.08. The van der Waals surface area contributed by atoms with Crippen LogP contribution < -0.4 is 26.7 Å². The van der Waals surface area contributed by atoms with Gasteiger partial charge in [0.15, 0.2) is 11.0 Å². The predicted molar refractivity (Wildman–Crippen MR) is 121 cm³/mol. The highest BCUT2D eigenvalue weighted by Crippen LogP contribution is 2.19. The van der Waals surface area contributed by atoms with Gasteiger partial charge in [-0.15, -0.1) is 0 Å². The van der Waals surface area contributed by atoms with E-state index in [9.17, 15) is 18.8 Å². The second-order valence-electron chi connectivity index (χ2n) is 6.39. The molecule has 3 rings (SSSR count). The van der Waals surface area contributed by atoms with Crippen molar-refractivity contribution in [3.8, 4) is 5.75 Å². The number of aromatic nitrogens is 2. The lowest BCUT2D eigenvalue weighted by molar-refractivity contribution is -0.113. The van der Waals surface area contributed by atoms with E-state index in [2.05, 4.69) is 20.6 Å². The highest BCUT2D eigenvalue weighted by Gasteiger charge is 2.15. The first-order chi connectivity index (χ1) is 15.4. The van der Waals surface area contributed by atoms with E-state index in [1.165, 1.54) is 12.1 Å². The largest absolute Gasteiger partial charge is 0.494 e. The number of carbonyl (C=O) groups excluding carboxylic acids is 2. The van der Waals surface area contributed by atoms with Crippen LogP contribution in [0, 0.1) is 5.82 Å². The Labute approximate surface area is 186 Å². The number of anilines is 3. The summed E-state index contributed by atoms with van der Waals surface area (Å²) in [5.41, 5.74) is 5.64. The summed E-state index contributed by atoms with van der Waals surface area (Å²) in [6.45, 7) is 2.43. The highest BCUT2D eigenvalue weighted by atomic mass is 32.2. The van der Waals surface area contributed by atoms with Crippen LogP contribution in [0.2, 0.25) is 0 Å². The third-order valence-corrected chi connectivity index (χ3v) is 4.93. The SMILES string of the molecule is CCOc1ccc(NC(=O)CSc2nc(N)c(NC(=O)c3ccc(F)cc3)c(=O)[nH]2)cc1. The van der Waals surface area contributed by atoms with Crippen LogP contribution in [0.25, 0.3) is 0 Å². The fourth-order valence-corrected chi connectivity index (χ4v) is 3.25. The molecule has 0 atom stereocenters. The molecule has 2 aromatic carbocycles. The molecule has 0 bridgehead atoms. The van der Waals surface area contributed by atoms with Crippen molar-refractivity contribution < 1.29 is 18.7 Å². The van der Waals surface area contributed by atoms with Gasteiger partial charge in [0.1, 0.15) is 17.3 Å². The molecule has 9 nitrogen and oxygen atoms in total. The number of nitrogens with one attached hydrogen (secondary N) is 3. The minimum atomic E-state index is -0.678. The average Bonchev–Trinajstić information content (AvgIpc) is 2.77. The third-order valence-electron chi connectivity index (χ3n) is 4.06. The lowest BCUT2D eigenvalue weighted by atomic mass is 10.2. The van der Waals surface area contributed by atoms with Crippen molar-refractivity contribution in [1.82, 2.24) is 9.97 Å². The Balaban J connectivity index is 1.59. The van der Waals surface area contributed by atoms with Crippen LogP contribution in [-0.2, 0) is 4.79 Å². The molecule has 0 saturated heterocycles. The number of benzene rings is 2. The zero-order valence-corrected chi connectivity index (χ0v) is 17.8. The van der Waals surface area contributed by atoms with Gasteiger partial charge in [0.05, 0.1) is 12.4 Å². The molecule has 0 radical (unpaired) electrons. The highest BCUT2D eigenvalue weighted by molar-refractivity contribution is 7.99. The van der Waals surface area contributed by atoms with E-state index in [-0.39, 0.29) is 33.9 Å². The Morgan fingerprint density at radius 3 is 2.44 bits per heavy atom. The molecule has 166 valence electrons. The summed E-state index contributed by atoms with van der Waals surface area (Å²) in [7, 11) is 0. The fraction of sp³-hybridized carbons (Fsp3) is 0.143. The summed E-state index contributed by atoms with van der Waals surface area (Å²) >= 11 is 0.975. The molecule has 1 aromatic heterocycles. The second-order valence-corrected chi connectivity index (χ2v) is 7.35. The lowest BCUT2D eigenvalue weighted by Gasteiger charge is -2.09. The number of hydrogen-bond donors (Lipinski definition) is 4. The number of rotatable bonds is 8. The van der Waals surface area contributed by atoms with Gasteiger partial charge in [0, 0.05) is 11.3 Å². The number of nitrogen functional groups attached to an aromatic ring is 1. The number of amides is 2. The average molecular weight is 457 g/mol. The van der Waals surface area contributed by atoms with Crippen molar-refractivity contribution in [3.05, 3.63) is 70.3 Å². The van der Waals surface area contributed by atoms with E-state index >= 15 is 0 Å². The van der Waals surface area contributed by atoms with Gasteiger partial charge in [0.25, 0.3) is 11.5 Å². The van der Waals surface area contributed by atoms with Crippen molar-refractivity contribution in [2.75, 3.05) is 28.7 Å². The maximum Gasteiger partial charge on any atom is 0.277 e. The topological polar surface area (TPSA) is 139 Å². The number of halogens is 1. The minimum absolute atomic E-state index is 0.0309. The first-order valence-electron chi connectivity index (χ1n) is 9.48. The van der Waals surface area contributed by atoms with Crippen LogP contribution in [0.4, 0.5) is 21.6 Å². The zero-order valence-electron chi connectivity index (χ0n) is 17.0. The Hall–Kier alpha value is -3.86. The number of nitrogens with zero attached hydrogens (tertiary/aromatic N) is 1. The Morgan fingerprint density at radius 2 is 1.81 bits per heavy atom. The minimum Gasteiger partial charge on any atom is -0.494 e. The molecule has 1 heterocycles.